The van der Waals surface area contributed by atoms with Crippen molar-refractivity contribution in [2.45, 2.75) is 13.3 Å². The highest BCUT2D eigenvalue weighted by Crippen LogP contribution is 2.17. The highest BCUT2D eigenvalue weighted by Gasteiger charge is 1.97. The molecule has 0 amide bonds. The SMILES string of the molecule is COC(=O)CC=Cc1ccc(Br)cc1C. The zero-order valence-electron chi connectivity index (χ0n) is 8.79. The number of benzene rings is 1. The van der Waals surface area contributed by atoms with E-state index in [4.69, 9.17) is 0 Å². The second-order valence-electron chi connectivity index (χ2n) is 3.18. The summed E-state index contributed by atoms with van der Waals surface area (Å²) in [4.78, 5) is 10.9. The van der Waals surface area contributed by atoms with Crippen molar-refractivity contribution in [3.8, 4) is 0 Å². The topological polar surface area (TPSA) is 26.3 Å². The van der Waals surface area contributed by atoms with E-state index < -0.39 is 0 Å². The van der Waals surface area contributed by atoms with Crippen LogP contribution >= 0.6 is 15.9 Å². The lowest BCUT2D eigenvalue weighted by molar-refractivity contribution is -0.139. The summed E-state index contributed by atoms with van der Waals surface area (Å²) >= 11 is 3.40. The van der Waals surface area contributed by atoms with E-state index in [0.29, 0.717) is 6.42 Å². The first-order chi connectivity index (χ1) is 7.13. The molecule has 0 saturated carbocycles. The molecule has 1 rings (SSSR count). The van der Waals surface area contributed by atoms with Crippen LogP contribution in [-0.2, 0) is 9.53 Å². The Morgan fingerprint density at radius 2 is 2.27 bits per heavy atom. The second kappa shape index (κ2) is 5.71. The zero-order chi connectivity index (χ0) is 11.3. The van der Waals surface area contributed by atoms with Crippen LogP contribution in [0.5, 0.6) is 0 Å². The molecule has 0 spiro atoms. The molecule has 0 atom stereocenters. The Bertz CT molecular complexity index is 383. The monoisotopic (exact) mass is 268 g/mol. The second-order valence-corrected chi connectivity index (χ2v) is 4.10. The molecule has 0 aliphatic heterocycles. The van der Waals surface area contributed by atoms with Gasteiger partial charge in [0.2, 0.25) is 0 Å². The number of aryl methyl sites for hydroxylation is 1. The molecule has 15 heavy (non-hydrogen) atoms. The standard InChI is InChI=1S/C12H13BrO2/c1-9-8-11(13)7-6-10(9)4-3-5-12(14)15-2/h3-4,6-8H,5H2,1-2H3. The normalized spacial score (nSPS) is 10.6. The molecular weight excluding hydrogens is 256 g/mol. The smallest absolute Gasteiger partial charge is 0.309 e. The zero-order valence-corrected chi connectivity index (χ0v) is 10.4. The minimum absolute atomic E-state index is 0.221. The summed E-state index contributed by atoms with van der Waals surface area (Å²) in [5.41, 5.74) is 2.28. The quantitative estimate of drug-likeness (QED) is 0.787. The van der Waals surface area contributed by atoms with Crippen LogP contribution in [0, 0.1) is 6.92 Å². The Morgan fingerprint density at radius 3 is 2.87 bits per heavy atom. The molecule has 0 unspecified atom stereocenters. The summed E-state index contributed by atoms with van der Waals surface area (Å²) < 4.78 is 5.60. The third-order valence-electron chi connectivity index (χ3n) is 2.04. The Kier molecular flexibility index (Phi) is 4.56. The van der Waals surface area contributed by atoms with Crippen LogP contribution < -0.4 is 0 Å². The summed E-state index contributed by atoms with van der Waals surface area (Å²) in [6, 6.07) is 6.02. The molecular formula is C12H13BrO2. The lowest BCUT2D eigenvalue weighted by Crippen LogP contribution is -1.96. The van der Waals surface area contributed by atoms with Crippen LogP contribution in [-0.4, -0.2) is 13.1 Å². The number of ether oxygens (including phenoxy) is 1. The summed E-state index contributed by atoms with van der Waals surface area (Å²) in [7, 11) is 1.39. The van der Waals surface area contributed by atoms with Gasteiger partial charge in [0.25, 0.3) is 0 Å². The van der Waals surface area contributed by atoms with E-state index in [9.17, 15) is 4.79 Å². The highest BCUT2D eigenvalue weighted by atomic mass is 79.9. The summed E-state index contributed by atoms with van der Waals surface area (Å²) in [5, 5.41) is 0. The molecule has 1 aromatic carbocycles. The number of hydrogen-bond donors (Lipinski definition) is 0. The maximum atomic E-state index is 10.9. The van der Waals surface area contributed by atoms with Gasteiger partial charge in [-0.2, -0.15) is 0 Å². The van der Waals surface area contributed by atoms with E-state index in [-0.39, 0.29) is 5.97 Å². The summed E-state index contributed by atoms with van der Waals surface area (Å²) in [6.07, 6.45) is 4.05. The van der Waals surface area contributed by atoms with Crippen molar-refractivity contribution in [2.75, 3.05) is 7.11 Å². The Morgan fingerprint density at radius 1 is 1.53 bits per heavy atom. The Labute approximate surface area is 98.1 Å². The van der Waals surface area contributed by atoms with Gasteiger partial charge in [-0.1, -0.05) is 34.1 Å². The van der Waals surface area contributed by atoms with E-state index in [1.807, 2.05) is 37.3 Å². The molecule has 0 heterocycles. The Hall–Kier alpha value is -1.09. The van der Waals surface area contributed by atoms with Gasteiger partial charge in [0, 0.05) is 4.47 Å². The molecule has 0 radical (unpaired) electrons. The fourth-order valence-electron chi connectivity index (χ4n) is 1.19. The van der Waals surface area contributed by atoms with Crippen LogP contribution in [0.4, 0.5) is 0 Å². The molecule has 1 aromatic rings. The van der Waals surface area contributed by atoms with Crippen molar-refractivity contribution in [1.82, 2.24) is 0 Å². The van der Waals surface area contributed by atoms with Gasteiger partial charge in [0.05, 0.1) is 13.5 Å². The van der Waals surface area contributed by atoms with Crippen LogP contribution in [0.1, 0.15) is 17.5 Å². The minimum Gasteiger partial charge on any atom is -0.469 e. The average molecular weight is 269 g/mol. The number of rotatable bonds is 3. The first-order valence-electron chi connectivity index (χ1n) is 4.63. The van der Waals surface area contributed by atoms with E-state index in [0.717, 1.165) is 10.0 Å². The van der Waals surface area contributed by atoms with Crippen molar-refractivity contribution in [1.29, 1.82) is 0 Å². The minimum atomic E-state index is -0.221. The molecule has 2 nitrogen and oxygen atoms in total. The van der Waals surface area contributed by atoms with Crippen molar-refractivity contribution >= 4 is 28.0 Å². The van der Waals surface area contributed by atoms with Gasteiger partial charge >= 0.3 is 5.97 Å². The van der Waals surface area contributed by atoms with Gasteiger partial charge in [-0.15, -0.1) is 0 Å². The highest BCUT2D eigenvalue weighted by molar-refractivity contribution is 9.10. The van der Waals surface area contributed by atoms with Crippen molar-refractivity contribution < 1.29 is 9.53 Å². The molecule has 0 N–H and O–H groups in total. The predicted octanol–water partition coefficient (Wildman–Crippen LogP) is 3.33. The number of hydrogen-bond acceptors (Lipinski definition) is 2. The van der Waals surface area contributed by atoms with Crippen molar-refractivity contribution in [2.24, 2.45) is 0 Å². The van der Waals surface area contributed by atoms with E-state index >= 15 is 0 Å². The molecule has 0 bridgehead atoms. The van der Waals surface area contributed by atoms with Gasteiger partial charge in [-0.05, 0) is 30.2 Å². The van der Waals surface area contributed by atoms with Crippen molar-refractivity contribution in [3.63, 3.8) is 0 Å². The summed E-state index contributed by atoms with van der Waals surface area (Å²) in [6.45, 7) is 2.03. The predicted molar refractivity (Wildman–Crippen MR) is 64.5 cm³/mol. The molecule has 3 heteroatoms. The van der Waals surface area contributed by atoms with E-state index in [1.165, 1.54) is 12.7 Å². The number of methoxy groups -OCH3 is 1. The van der Waals surface area contributed by atoms with Gasteiger partial charge in [-0.3, -0.25) is 4.79 Å². The van der Waals surface area contributed by atoms with Gasteiger partial charge in [-0.25, -0.2) is 0 Å². The Balaban J connectivity index is 2.68. The van der Waals surface area contributed by atoms with E-state index in [1.54, 1.807) is 0 Å². The molecule has 0 aliphatic carbocycles. The van der Waals surface area contributed by atoms with Gasteiger partial charge < -0.3 is 4.74 Å². The fraction of sp³-hybridized carbons (Fsp3) is 0.250. The lowest BCUT2D eigenvalue weighted by Gasteiger charge is -2.00. The summed E-state index contributed by atoms with van der Waals surface area (Å²) in [5.74, 6) is -0.221. The molecule has 0 saturated heterocycles. The maximum Gasteiger partial charge on any atom is 0.309 e. The number of halogens is 1. The third-order valence-corrected chi connectivity index (χ3v) is 2.53. The lowest BCUT2D eigenvalue weighted by atomic mass is 10.1. The fourth-order valence-corrected chi connectivity index (χ4v) is 1.67. The van der Waals surface area contributed by atoms with E-state index in [2.05, 4.69) is 20.7 Å². The van der Waals surface area contributed by atoms with Crippen LogP contribution in [0.15, 0.2) is 28.7 Å². The first kappa shape index (κ1) is 12.0. The van der Waals surface area contributed by atoms with Crippen molar-refractivity contribution in [3.05, 3.63) is 39.9 Å². The van der Waals surface area contributed by atoms with Gasteiger partial charge in [0.1, 0.15) is 0 Å². The first-order valence-corrected chi connectivity index (χ1v) is 5.42. The van der Waals surface area contributed by atoms with Crippen LogP contribution in [0.25, 0.3) is 6.08 Å². The molecule has 0 aliphatic rings. The number of carbonyl (C=O) groups is 1. The number of esters is 1. The third kappa shape index (κ3) is 3.88. The largest absolute Gasteiger partial charge is 0.469 e. The van der Waals surface area contributed by atoms with Gasteiger partial charge in [0.15, 0.2) is 0 Å². The molecule has 0 fully saturated rings. The van der Waals surface area contributed by atoms with Crippen LogP contribution in [0.3, 0.4) is 0 Å². The maximum absolute atomic E-state index is 10.9. The molecule has 0 aromatic heterocycles. The molecule has 80 valence electrons. The average Bonchev–Trinajstić information content (AvgIpc) is 2.21. The van der Waals surface area contributed by atoms with Crippen LogP contribution in [0.2, 0.25) is 0 Å². The number of carbonyl (C=O) groups excluding carboxylic acids is 1.